The van der Waals surface area contributed by atoms with E-state index in [-0.39, 0.29) is 5.41 Å². The van der Waals surface area contributed by atoms with Gasteiger partial charge in [-0.15, -0.1) is 0 Å². The second kappa shape index (κ2) is 5.15. The van der Waals surface area contributed by atoms with Gasteiger partial charge >= 0.3 is 5.97 Å². The van der Waals surface area contributed by atoms with Gasteiger partial charge in [0.25, 0.3) is 0 Å². The Labute approximate surface area is 97.4 Å². The van der Waals surface area contributed by atoms with Crippen molar-refractivity contribution in [2.24, 2.45) is 5.41 Å². The summed E-state index contributed by atoms with van der Waals surface area (Å²) in [6, 6.07) is 0. The third-order valence-corrected chi connectivity index (χ3v) is 3.86. The van der Waals surface area contributed by atoms with Crippen LogP contribution in [0.4, 0.5) is 0 Å². The van der Waals surface area contributed by atoms with Gasteiger partial charge in [0.05, 0.1) is 6.61 Å². The number of carboxylic acid groups (broad SMARTS) is 1. The molecule has 1 fully saturated rings. The molecule has 0 aromatic carbocycles. The summed E-state index contributed by atoms with van der Waals surface area (Å²) in [5.74, 6) is -0.728. The third-order valence-electron chi connectivity index (χ3n) is 3.86. The van der Waals surface area contributed by atoms with Crippen LogP contribution in [0.2, 0.25) is 0 Å². The summed E-state index contributed by atoms with van der Waals surface area (Å²) in [5, 5.41) is 12.7. The molecule has 0 aliphatic heterocycles. The Bertz CT molecular complexity index is 253. The van der Waals surface area contributed by atoms with Crippen LogP contribution in [0.5, 0.6) is 0 Å². The highest BCUT2D eigenvalue weighted by Crippen LogP contribution is 2.43. The molecule has 0 spiro atoms. The number of carboxylic acids is 1. The molecule has 0 aromatic heterocycles. The summed E-state index contributed by atoms with van der Waals surface area (Å²) in [7, 11) is 1.63. The highest BCUT2D eigenvalue weighted by atomic mass is 16.5. The Hall–Kier alpha value is -0.610. The number of rotatable bonds is 5. The van der Waals surface area contributed by atoms with Crippen LogP contribution in [0.3, 0.4) is 0 Å². The van der Waals surface area contributed by atoms with Gasteiger partial charge in [0.2, 0.25) is 0 Å². The van der Waals surface area contributed by atoms with Gasteiger partial charge < -0.3 is 9.84 Å². The van der Waals surface area contributed by atoms with Crippen molar-refractivity contribution in [3.05, 3.63) is 0 Å². The number of methoxy groups -OCH3 is 1. The molecule has 1 aliphatic carbocycles. The van der Waals surface area contributed by atoms with Crippen molar-refractivity contribution in [1.29, 1.82) is 0 Å². The lowest BCUT2D eigenvalue weighted by Crippen LogP contribution is -2.63. The van der Waals surface area contributed by atoms with Gasteiger partial charge in [0, 0.05) is 13.7 Å². The first-order valence-corrected chi connectivity index (χ1v) is 5.94. The average Bonchev–Trinajstić information content (AvgIpc) is 2.20. The molecule has 0 aromatic rings. The zero-order chi connectivity index (χ0) is 12.2. The molecular weight excluding hydrogens is 206 g/mol. The molecule has 0 saturated heterocycles. The van der Waals surface area contributed by atoms with E-state index in [9.17, 15) is 9.90 Å². The van der Waals surface area contributed by atoms with Crippen LogP contribution in [0.25, 0.3) is 0 Å². The topological polar surface area (TPSA) is 58.6 Å². The summed E-state index contributed by atoms with van der Waals surface area (Å²) >= 11 is 0. The Morgan fingerprint density at radius 2 is 2.00 bits per heavy atom. The molecule has 0 amide bonds. The predicted octanol–water partition coefficient (Wildman–Crippen LogP) is 1.65. The number of hydrogen-bond donors (Lipinski definition) is 2. The van der Waals surface area contributed by atoms with Gasteiger partial charge in [-0.25, -0.2) is 0 Å². The molecule has 1 rings (SSSR count). The molecule has 4 heteroatoms. The Balaban J connectivity index is 2.81. The number of hydrogen-bond acceptors (Lipinski definition) is 3. The number of aliphatic carboxylic acids is 1. The first kappa shape index (κ1) is 13.5. The fourth-order valence-electron chi connectivity index (χ4n) is 2.68. The molecule has 16 heavy (non-hydrogen) atoms. The largest absolute Gasteiger partial charge is 0.480 e. The highest BCUT2D eigenvalue weighted by molar-refractivity contribution is 5.80. The lowest BCUT2D eigenvalue weighted by atomic mass is 9.63. The molecule has 1 unspecified atom stereocenters. The van der Waals surface area contributed by atoms with E-state index in [4.69, 9.17) is 4.74 Å². The maximum atomic E-state index is 11.6. The van der Waals surface area contributed by atoms with Gasteiger partial charge in [-0.05, 0) is 18.3 Å². The number of nitrogens with one attached hydrogen (secondary N) is 1. The van der Waals surface area contributed by atoms with Gasteiger partial charge in [-0.2, -0.15) is 0 Å². The molecule has 2 N–H and O–H groups in total. The summed E-state index contributed by atoms with van der Waals surface area (Å²) < 4.78 is 4.97. The van der Waals surface area contributed by atoms with Crippen molar-refractivity contribution in [2.45, 2.75) is 45.1 Å². The first-order valence-electron chi connectivity index (χ1n) is 5.94. The molecule has 1 saturated carbocycles. The highest BCUT2D eigenvalue weighted by Gasteiger charge is 2.51. The minimum atomic E-state index is -0.788. The third kappa shape index (κ3) is 2.38. The van der Waals surface area contributed by atoms with Crippen molar-refractivity contribution in [3.8, 4) is 0 Å². The smallest absolute Gasteiger partial charge is 0.324 e. The Morgan fingerprint density at radius 1 is 1.38 bits per heavy atom. The summed E-state index contributed by atoms with van der Waals surface area (Å²) in [6.45, 7) is 5.22. The lowest BCUT2D eigenvalue weighted by molar-refractivity contribution is -0.153. The van der Waals surface area contributed by atoms with Crippen molar-refractivity contribution in [3.63, 3.8) is 0 Å². The second-order valence-corrected chi connectivity index (χ2v) is 5.22. The molecule has 0 radical (unpaired) electrons. The molecule has 0 heterocycles. The van der Waals surface area contributed by atoms with Gasteiger partial charge in [-0.1, -0.05) is 26.7 Å². The van der Waals surface area contributed by atoms with Crippen LogP contribution >= 0.6 is 0 Å². The van der Waals surface area contributed by atoms with E-state index in [0.717, 1.165) is 19.3 Å². The zero-order valence-electron chi connectivity index (χ0n) is 10.5. The second-order valence-electron chi connectivity index (χ2n) is 5.22. The summed E-state index contributed by atoms with van der Waals surface area (Å²) in [5.41, 5.74) is -0.991. The fourth-order valence-corrected chi connectivity index (χ4v) is 2.68. The molecule has 94 valence electrons. The van der Waals surface area contributed by atoms with E-state index in [0.29, 0.717) is 19.6 Å². The van der Waals surface area contributed by atoms with E-state index >= 15 is 0 Å². The van der Waals surface area contributed by atoms with E-state index in [1.807, 2.05) is 13.8 Å². The van der Waals surface area contributed by atoms with Gasteiger partial charge in [0.15, 0.2) is 0 Å². The molecular formula is C12H23NO3. The van der Waals surface area contributed by atoms with Crippen molar-refractivity contribution >= 4 is 5.97 Å². The van der Waals surface area contributed by atoms with Crippen LogP contribution in [-0.4, -0.2) is 36.9 Å². The molecule has 0 bridgehead atoms. The van der Waals surface area contributed by atoms with E-state index in [1.165, 1.54) is 0 Å². The Morgan fingerprint density at radius 3 is 2.50 bits per heavy atom. The minimum absolute atomic E-state index is 0.204. The fraction of sp³-hybridized carbons (Fsp3) is 0.917. The number of carbonyl (C=O) groups is 1. The van der Waals surface area contributed by atoms with Crippen LogP contribution in [0.1, 0.15) is 39.5 Å². The first-order chi connectivity index (χ1) is 7.46. The minimum Gasteiger partial charge on any atom is -0.480 e. The summed E-state index contributed by atoms with van der Waals surface area (Å²) in [4.78, 5) is 11.6. The van der Waals surface area contributed by atoms with E-state index < -0.39 is 11.5 Å². The molecule has 1 aliphatic rings. The van der Waals surface area contributed by atoms with Crippen molar-refractivity contribution in [2.75, 3.05) is 20.3 Å². The number of ether oxygens (including phenoxy) is 1. The van der Waals surface area contributed by atoms with Crippen LogP contribution in [-0.2, 0) is 9.53 Å². The van der Waals surface area contributed by atoms with Crippen molar-refractivity contribution < 1.29 is 14.6 Å². The average molecular weight is 229 g/mol. The van der Waals surface area contributed by atoms with E-state index in [1.54, 1.807) is 7.11 Å². The van der Waals surface area contributed by atoms with Gasteiger partial charge in [0.1, 0.15) is 5.54 Å². The maximum Gasteiger partial charge on any atom is 0.324 e. The van der Waals surface area contributed by atoms with Crippen molar-refractivity contribution in [1.82, 2.24) is 5.32 Å². The predicted molar refractivity (Wildman–Crippen MR) is 62.5 cm³/mol. The van der Waals surface area contributed by atoms with Crippen LogP contribution in [0.15, 0.2) is 0 Å². The normalized spacial score (nSPS) is 28.9. The monoisotopic (exact) mass is 229 g/mol. The summed E-state index contributed by atoms with van der Waals surface area (Å²) in [6.07, 6.45) is 3.77. The van der Waals surface area contributed by atoms with Crippen LogP contribution in [0, 0.1) is 5.41 Å². The standard InChI is InChI=1S/C12H23NO3/c1-11(2)6-4-5-7-12(11,10(14)15)13-8-9-16-3/h13H,4-9H2,1-3H3,(H,14,15). The lowest BCUT2D eigenvalue weighted by Gasteiger charge is -2.47. The SMILES string of the molecule is COCCNC1(C(=O)O)CCCCC1(C)C. The van der Waals surface area contributed by atoms with Gasteiger partial charge in [-0.3, -0.25) is 10.1 Å². The zero-order valence-corrected chi connectivity index (χ0v) is 10.5. The maximum absolute atomic E-state index is 11.6. The van der Waals surface area contributed by atoms with E-state index in [2.05, 4.69) is 5.32 Å². The van der Waals surface area contributed by atoms with Crippen LogP contribution < -0.4 is 5.32 Å². The molecule has 4 nitrogen and oxygen atoms in total. The quantitative estimate of drug-likeness (QED) is 0.704. The molecule has 1 atom stereocenters. The Kier molecular flexibility index (Phi) is 4.33.